The second-order valence-corrected chi connectivity index (χ2v) is 6.89. The zero-order valence-electron chi connectivity index (χ0n) is 12.5. The van der Waals surface area contributed by atoms with Crippen LogP contribution in [-0.2, 0) is 0 Å². The lowest BCUT2D eigenvalue weighted by molar-refractivity contribution is 0.0360. The third kappa shape index (κ3) is 3.96. The van der Waals surface area contributed by atoms with E-state index in [9.17, 15) is 0 Å². The molecule has 0 spiro atoms. The van der Waals surface area contributed by atoms with Gasteiger partial charge < -0.3 is 5.73 Å². The highest BCUT2D eigenvalue weighted by molar-refractivity contribution is 4.96. The van der Waals surface area contributed by atoms with Crippen LogP contribution in [0, 0.1) is 17.8 Å². The normalized spacial score (nSPS) is 34.6. The molecule has 2 nitrogen and oxygen atoms in total. The Kier molecular flexibility index (Phi) is 5.46. The summed E-state index contributed by atoms with van der Waals surface area (Å²) in [6, 6.07) is 0. The molecule has 0 saturated heterocycles. The molecule has 2 atom stereocenters. The van der Waals surface area contributed by atoms with Crippen molar-refractivity contribution in [2.24, 2.45) is 23.5 Å². The highest BCUT2D eigenvalue weighted by Crippen LogP contribution is 2.38. The van der Waals surface area contributed by atoms with Crippen LogP contribution >= 0.6 is 0 Å². The molecule has 1 aliphatic rings. The van der Waals surface area contributed by atoms with Crippen molar-refractivity contribution in [1.29, 1.82) is 0 Å². The van der Waals surface area contributed by atoms with Gasteiger partial charge in [-0.05, 0) is 57.0 Å². The predicted molar refractivity (Wildman–Crippen MR) is 76.0 cm³/mol. The number of nitrogens with two attached hydrogens (primary N) is 1. The largest absolute Gasteiger partial charge is 0.329 e. The van der Waals surface area contributed by atoms with Crippen LogP contribution in [0.3, 0.4) is 0 Å². The standard InChI is InChI=1S/C15H32N2/c1-12(2)6-7-17(5)15(11-16)9-13(3)8-14(4)10-15/h12-14H,6-11,16H2,1-5H3. The van der Waals surface area contributed by atoms with E-state index in [1.54, 1.807) is 0 Å². The van der Waals surface area contributed by atoms with Gasteiger partial charge in [0.15, 0.2) is 0 Å². The van der Waals surface area contributed by atoms with E-state index in [-0.39, 0.29) is 5.54 Å². The third-order valence-corrected chi connectivity index (χ3v) is 4.49. The van der Waals surface area contributed by atoms with E-state index in [1.807, 2.05) is 0 Å². The smallest absolute Gasteiger partial charge is 0.0333 e. The maximum atomic E-state index is 6.13. The number of rotatable bonds is 5. The third-order valence-electron chi connectivity index (χ3n) is 4.49. The molecule has 2 N–H and O–H groups in total. The average molecular weight is 240 g/mol. The van der Waals surface area contributed by atoms with E-state index < -0.39 is 0 Å². The van der Waals surface area contributed by atoms with Crippen LogP contribution in [0.1, 0.15) is 53.4 Å². The predicted octanol–water partition coefficient (Wildman–Crippen LogP) is 3.12. The second-order valence-electron chi connectivity index (χ2n) is 6.89. The monoisotopic (exact) mass is 240 g/mol. The lowest BCUT2D eigenvalue weighted by Gasteiger charge is -2.48. The molecule has 0 aromatic carbocycles. The lowest BCUT2D eigenvalue weighted by Crippen LogP contribution is -2.56. The fraction of sp³-hybridized carbons (Fsp3) is 1.00. The van der Waals surface area contributed by atoms with Crippen molar-refractivity contribution in [3.8, 4) is 0 Å². The molecule has 0 amide bonds. The molecule has 0 aliphatic heterocycles. The summed E-state index contributed by atoms with van der Waals surface area (Å²) >= 11 is 0. The van der Waals surface area contributed by atoms with E-state index in [1.165, 1.54) is 32.2 Å². The Balaban J connectivity index is 2.65. The summed E-state index contributed by atoms with van der Waals surface area (Å²) in [4.78, 5) is 2.55. The molecule has 0 radical (unpaired) electrons. The van der Waals surface area contributed by atoms with Gasteiger partial charge in [0, 0.05) is 12.1 Å². The highest BCUT2D eigenvalue weighted by atomic mass is 15.2. The number of likely N-dealkylation sites (N-methyl/N-ethyl adjacent to an activating group) is 1. The lowest BCUT2D eigenvalue weighted by atomic mass is 9.70. The van der Waals surface area contributed by atoms with Crippen molar-refractivity contribution in [2.45, 2.75) is 58.9 Å². The molecule has 1 aliphatic carbocycles. The Morgan fingerprint density at radius 3 is 2.18 bits per heavy atom. The Morgan fingerprint density at radius 1 is 1.24 bits per heavy atom. The molecule has 1 rings (SSSR count). The molecule has 17 heavy (non-hydrogen) atoms. The SMILES string of the molecule is CC(C)CCN(C)C1(CN)CC(C)CC(C)C1. The Morgan fingerprint density at radius 2 is 1.76 bits per heavy atom. The zero-order valence-corrected chi connectivity index (χ0v) is 12.5. The van der Waals surface area contributed by atoms with Crippen molar-refractivity contribution >= 4 is 0 Å². The van der Waals surface area contributed by atoms with Crippen LogP contribution < -0.4 is 5.73 Å². The van der Waals surface area contributed by atoms with Gasteiger partial charge in [0.25, 0.3) is 0 Å². The number of nitrogens with zero attached hydrogens (tertiary/aromatic N) is 1. The first-order chi connectivity index (χ1) is 7.89. The minimum atomic E-state index is 0.270. The quantitative estimate of drug-likeness (QED) is 0.800. The van der Waals surface area contributed by atoms with Crippen LogP contribution in [0.5, 0.6) is 0 Å². The molecule has 0 aromatic rings. The minimum Gasteiger partial charge on any atom is -0.329 e. The molecule has 1 saturated carbocycles. The summed E-state index contributed by atoms with van der Waals surface area (Å²) in [5.41, 5.74) is 6.40. The van der Waals surface area contributed by atoms with Crippen LogP contribution in [0.15, 0.2) is 0 Å². The highest BCUT2D eigenvalue weighted by Gasteiger charge is 2.39. The molecular formula is C15H32N2. The van der Waals surface area contributed by atoms with Gasteiger partial charge in [-0.25, -0.2) is 0 Å². The van der Waals surface area contributed by atoms with Gasteiger partial charge in [-0.1, -0.05) is 27.7 Å². The summed E-state index contributed by atoms with van der Waals surface area (Å²) in [6.07, 6.45) is 5.21. The summed E-state index contributed by atoms with van der Waals surface area (Å²) < 4.78 is 0. The topological polar surface area (TPSA) is 29.3 Å². The van der Waals surface area contributed by atoms with Crippen molar-refractivity contribution in [1.82, 2.24) is 4.90 Å². The molecule has 2 heteroatoms. The van der Waals surface area contributed by atoms with Crippen LogP contribution in [0.4, 0.5) is 0 Å². The van der Waals surface area contributed by atoms with E-state index >= 15 is 0 Å². The van der Waals surface area contributed by atoms with Gasteiger partial charge in [-0.3, -0.25) is 4.90 Å². The van der Waals surface area contributed by atoms with E-state index in [0.29, 0.717) is 0 Å². The van der Waals surface area contributed by atoms with E-state index in [0.717, 1.165) is 24.3 Å². The summed E-state index contributed by atoms with van der Waals surface area (Å²) in [5.74, 6) is 2.43. The molecule has 0 heterocycles. The summed E-state index contributed by atoms with van der Waals surface area (Å²) in [7, 11) is 2.28. The maximum Gasteiger partial charge on any atom is 0.0333 e. The van der Waals surface area contributed by atoms with Crippen molar-refractivity contribution < 1.29 is 0 Å². The first-order valence-electron chi connectivity index (χ1n) is 7.31. The average Bonchev–Trinajstić information content (AvgIpc) is 2.24. The zero-order chi connectivity index (χ0) is 13.1. The molecule has 0 aromatic heterocycles. The van der Waals surface area contributed by atoms with Gasteiger partial charge in [-0.15, -0.1) is 0 Å². The fourth-order valence-corrected chi connectivity index (χ4v) is 3.56. The van der Waals surface area contributed by atoms with Gasteiger partial charge in [0.1, 0.15) is 0 Å². The van der Waals surface area contributed by atoms with Gasteiger partial charge in [0.2, 0.25) is 0 Å². The first kappa shape index (κ1) is 15.0. The van der Waals surface area contributed by atoms with Crippen molar-refractivity contribution in [2.75, 3.05) is 20.1 Å². The van der Waals surface area contributed by atoms with Crippen LogP contribution in [0.25, 0.3) is 0 Å². The summed E-state index contributed by atoms with van der Waals surface area (Å²) in [5, 5.41) is 0. The van der Waals surface area contributed by atoms with Gasteiger partial charge in [-0.2, -0.15) is 0 Å². The fourth-order valence-electron chi connectivity index (χ4n) is 3.56. The van der Waals surface area contributed by atoms with Crippen LogP contribution in [-0.4, -0.2) is 30.6 Å². The van der Waals surface area contributed by atoms with Gasteiger partial charge in [0.05, 0.1) is 0 Å². The van der Waals surface area contributed by atoms with Crippen LogP contribution in [0.2, 0.25) is 0 Å². The van der Waals surface area contributed by atoms with E-state index in [2.05, 4.69) is 39.6 Å². The second kappa shape index (κ2) is 6.19. The van der Waals surface area contributed by atoms with Crippen molar-refractivity contribution in [3.05, 3.63) is 0 Å². The Bertz CT molecular complexity index is 215. The Labute approximate surface area is 108 Å². The van der Waals surface area contributed by atoms with E-state index in [4.69, 9.17) is 5.73 Å². The molecular weight excluding hydrogens is 208 g/mol. The first-order valence-corrected chi connectivity index (χ1v) is 7.31. The Hall–Kier alpha value is -0.0800. The van der Waals surface area contributed by atoms with Gasteiger partial charge >= 0.3 is 0 Å². The molecule has 0 bridgehead atoms. The summed E-state index contributed by atoms with van der Waals surface area (Å²) in [6.45, 7) is 11.4. The molecule has 102 valence electrons. The maximum absolute atomic E-state index is 6.13. The number of hydrogen-bond acceptors (Lipinski definition) is 2. The molecule has 1 fully saturated rings. The van der Waals surface area contributed by atoms with Crippen molar-refractivity contribution in [3.63, 3.8) is 0 Å². The number of hydrogen-bond donors (Lipinski definition) is 1. The minimum absolute atomic E-state index is 0.270. The molecule has 2 unspecified atom stereocenters.